The Kier molecular flexibility index (Phi) is 1.62. The highest BCUT2D eigenvalue weighted by atomic mass is 19.1. The Morgan fingerprint density at radius 2 is 2.31 bits per heavy atom. The maximum Gasteiger partial charge on any atom is 0.335 e. The highest BCUT2D eigenvalue weighted by Gasteiger charge is 2.15. The molecule has 0 unspecified atom stereocenters. The molecule has 4 heteroatoms. The van der Waals surface area contributed by atoms with Gasteiger partial charge >= 0.3 is 5.97 Å². The molecule has 0 atom stereocenters. The van der Waals surface area contributed by atoms with Gasteiger partial charge < -0.3 is 5.11 Å². The van der Waals surface area contributed by atoms with Gasteiger partial charge in [0.1, 0.15) is 11.5 Å². The van der Waals surface area contributed by atoms with Crippen molar-refractivity contribution < 1.29 is 14.3 Å². The lowest BCUT2D eigenvalue weighted by molar-refractivity contribution is 0.0696. The zero-order chi connectivity index (χ0) is 9.42. The van der Waals surface area contributed by atoms with Crippen molar-refractivity contribution in [2.45, 2.75) is 6.42 Å². The van der Waals surface area contributed by atoms with Gasteiger partial charge in [-0.25, -0.2) is 9.18 Å². The minimum absolute atomic E-state index is 0.0262. The lowest BCUT2D eigenvalue weighted by Gasteiger charge is -2.00. The minimum Gasteiger partial charge on any atom is -0.478 e. The predicted octanol–water partition coefficient (Wildman–Crippen LogP) is 1.78. The molecule has 3 nitrogen and oxygen atoms in total. The number of fused-ring (bicyclic) bond motifs is 1. The van der Waals surface area contributed by atoms with Crippen LogP contribution in [0.2, 0.25) is 0 Å². The topological polar surface area (TPSA) is 49.7 Å². The molecule has 1 heterocycles. The molecule has 0 radical (unpaired) electrons. The largest absolute Gasteiger partial charge is 0.478 e. The Labute approximate surface area is 73.5 Å². The van der Waals surface area contributed by atoms with E-state index in [0.717, 1.165) is 6.07 Å². The molecule has 0 saturated carbocycles. The summed E-state index contributed by atoms with van der Waals surface area (Å²) >= 11 is 0. The molecule has 2 rings (SSSR count). The molecule has 1 aliphatic rings. The van der Waals surface area contributed by atoms with E-state index in [1.54, 1.807) is 6.21 Å². The van der Waals surface area contributed by atoms with Gasteiger partial charge in [-0.05, 0) is 17.7 Å². The second-order valence-electron chi connectivity index (χ2n) is 2.79. The smallest absolute Gasteiger partial charge is 0.335 e. The number of nitrogens with zero attached hydrogens (tertiary/aromatic N) is 1. The monoisotopic (exact) mass is 179 g/mol. The quantitative estimate of drug-likeness (QED) is 0.714. The number of aromatic carboxylic acids is 1. The second-order valence-corrected chi connectivity index (χ2v) is 2.79. The van der Waals surface area contributed by atoms with Crippen LogP contribution in [0.25, 0.3) is 0 Å². The minimum atomic E-state index is -1.12. The van der Waals surface area contributed by atoms with Crippen molar-refractivity contribution in [2.24, 2.45) is 4.99 Å². The van der Waals surface area contributed by atoms with E-state index in [1.807, 2.05) is 0 Å². The maximum absolute atomic E-state index is 13.1. The zero-order valence-electron chi connectivity index (χ0n) is 6.62. The van der Waals surface area contributed by atoms with Gasteiger partial charge in [0, 0.05) is 12.6 Å². The first-order valence-electron chi connectivity index (χ1n) is 3.77. The Bertz CT molecular complexity index is 412. The Hall–Kier alpha value is -1.71. The van der Waals surface area contributed by atoms with E-state index in [9.17, 15) is 9.18 Å². The van der Waals surface area contributed by atoms with E-state index < -0.39 is 11.8 Å². The molecule has 0 aromatic heterocycles. The van der Waals surface area contributed by atoms with E-state index in [1.165, 1.54) is 6.07 Å². The van der Waals surface area contributed by atoms with Gasteiger partial charge in [-0.3, -0.25) is 4.99 Å². The van der Waals surface area contributed by atoms with Crippen molar-refractivity contribution in [1.82, 2.24) is 0 Å². The molecular formula is C9H6FNO2. The summed E-state index contributed by atoms with van der Waals surface area (Å²) < 4.78 is 13.1. The summed E-state index contributed by atoms with van der Waals surface area (Å²) in [7, 11) is 0. The first-order chi connectivity index (χ1) is 6.18. The van der Waals surface area contributed by atoms with Gasteiger partial charge in [0.25, 0.3) is 0 Å². The van der Waals surface area contributed by atoms with Crippen molar-refractivity contribution in [2.75, 3.05) is 0 Å². The van der Waals surface area contributed by atoms with Crippen LogP contribution in [0.3, 0.4) is 0 Å². The molecule has 0 spiro atoms. The average Bonchev–Trinajstić information content (AvgIpc) is 2.51. The molecule has 0 amide bonds. The number of carbonyl (C=O) groups is 1. The first-order valence-corrected chi connectivity index (χ1v) is 3.77. The normalized spacial score (nSPS) is 13.0. The fourth-order valence-corrected chi connectivity index (χ4v) is 1.31. The summed E-state index contributed by atoms with van der Waals surface area (Å²) in [6, 6.07) is 2.44. The van der Waals surface area contributed by atoms with Crippen LogP contribution >= 0.6 is 0 Å². The molecule has 1 N–H and O–H groups in total. The van der Waals surface area contributed by atoms with Crippen LogP contribution in [0.15, 0.2) is 17.1 Å². The SMILES string of the molecule is O=C(O)c1cc(F)c2c(c1)CC=N2. The molecule has 1 aromatic carbocycles. The molecule has 0 saturated heterocycles. The molecule has 13 heavy (non-hydrogen) atoms. The number of hydrogen-bond donors (Lipinski definition) is 1. The molecule has 0 aliphatic carbocycles. The van der Waals surface area contributed by atoms with Crippen molar-refractivity contribution in [1.29, 1.82) is 0 Å². The van der Waals surface area contributed by atoms with E-state index in [-0.39, 0.29) is 11.3 Å². The fourth-order valence-electron chi connectivity index (χ4n) is 1.31. The van der Waals surface area contributed by atoms with Crippen LogP contribution in [0, 0.1) is 5.82 Å². The predicted molar refractivity (Wildman–Crippen MR) is 45.2 cm³/mol. The standard InChI is InChI=1S/C9H6FNO2/c10-7-4-6(9(12)13)3-5-1-2-11-8(5)7/h2-4H,1H2,(H,12,13). The molecule has 0 fully saturated rings. The van der Waals surface area contributed by atoms with E-state index in [0.29, 0.717) is 12.0 Å². The van der Waals surface area contributed by atoms with Crippen LogP contribution in [0.1, 0.15) is 15.9 Å². The van der Waals surface area contributed by atoms with E-state index >= 15 is 0 Å². The summed E-state index contributed by atoms with van der Waals surface area (Å²) in [4.78, 5) is 14.4. The molecule has 66 valence electrons. The van der Waals surface area contributed by atoms with Crippen molar-refractivity contribution in [3.8, 4) is 0 Å². The number of benzene rings is 1. The third-order valence-electron chi connectivity index (χ3n) is 1.92. The summed E-state index contributed by atoms with van der Waals surface area (Å²) in [6.07, 6.45) is 2.08. The highest BCUT2D eigenvalue weighted by molar-refractivity contribution is 5.90. The number of carboxylic acid groups (broad SMARTS) is 1. The summed E-state index contributed by atoms with van der Waals surface area (Å²) in [5, 5.41) is 8.63. The molecule has 0 bridgehead atoms. The summed E-state index contributed by atoms with van der Waals surface area (Å²) in [5.41, 5.74) is 0.879. The van der Waals surface area contributed by atoms with Gasteiger partial charge in [0.05, 0.1) is 5.56 Å². The molecule has 1 aliphatic heterocycles. The molecule has 1 aromatic rings. The summed E-state index contributed by atoms with van der Waals surface area (Å²) in [5.74, 6) is -1.68. The average molecular weight is 179 g/mol. The first kappa shape index (κ1) is 7.91. The van der Waals surface area contributed by atoms with Gasteiger partial charge in [-0.1, -0.05) is 0 Å². The lowest BCUT2D eigenvalue weighted by Crippen LogP contribution is -1.98. The van der Waals surface area contributed by atoms with Crippen molar-refractivity contribution in [3.63, 3.8) is 0 Å². The number of aliphatic imine (C=N–C) groups is 1. The van der Waals surface area contributed by atoms with Crippen LogP contribution in [0.5, 0.6) is 0 Å². The third kappa shape index (κ3) is 1.20. The van der Waals surface area contributed by atoms with Gasteiger partial charge in [0.15, 0.2) is 0 Å². The fraction of sp³-hybridized carbons (Fsp3) is 0.111. The van der Waals surface area contributed by atoms with E-state index in [4.69, 9.17) is 5.11 Å². The Balaban J connectivity index is 2.59. The number of halogens is 1. The van der Waals surface area contributed by atoms with Crippen LogP contribution < -0.4 is 0 Å². The van der Waals surface area contributed by atoms with Crippen LogP contribution in [-0.4, -0.2) is 17.3 Å². The van der Waals surface area contributed by atoms with Gasteiger partial charge in [0.2, 0.25) is 0 Å². The van der Waals surface area contributed by atoms with Gasteiger partial charge in [-0.15, -0.1) is 0 Å². The van der Waals surface area contributed by atoms with Gasteiger partial charge in [-0.2, -0.15) is 0 Å². The third-order valence-corrected chi connectivity index (χ3v) is 1.92. The van der Waals surface area contributed by atoms with Crippen LogP contribution in [-0.2, 0) is 6.42 Å². The summed E-state index contributed by atoms with van der Waals surface area (Å²) in [6.45, 7) is 0. The number of hydrogen-bond acceptors (Lipinski definition) is 2. The molecular weight excluding hydrogens is 173 g/mol. The zero-order valence-corrected chi connectivity index (χ0v) is 6.62. The number of carboxylic acids is 1. The highest BCUT2D eigenvalue weighted by Crippen LogP contribution is 2.28. The van der Waals surface area contributed by atoms with Crippen molar-refractivity contribution >= 4 is 17.9 Å². The Morgan fingerprint density at radius 1 is 1.54 bits per heavy atom. The lowest BCUT2D eigenvalue weighted by atomic mass is 10.1. The maximum atomic E-state index is 13.1. The van der Waals surface area contributed by atoms with Crippen LogP contribution in [0.4, 0.5) is 10.1 Å². The number of rotatable bonds is 1. The Morgan fingerprint density at radius 3 is 3.00 bits per heavy atom. The van der Waals surface area contributed by atoms with E-state index in [2.05, 4.69) is 4.99 Å². The van der Waals surface area contributed by atoms with Crippen molar-refractivity contribution in [3.05, 3.63) is 29.1 Å². The second kappa shape index (κ2) is 2.65.